The number of carbonyl (C=O) groups excluding carboxylic acids is 6. The summed E-state index contributed by atoms with van der Waals surface area (Å²) in [4.78, 5) is 81.8. The van der Waals surface area contributed by atoms with E-state index in [1.807, 2.05) is 45.1 Å². The number of hydrogen-bond acceptors (Lipinski definition) is 12. The molecule has 4 aliphatic rings. The molecule has 2 fully saturated rings. The quantitative estimate of drug-likeness (QED) is 0.0575. The molecule has 5 rings (SSSR count). The molecule has 4 aliphatic heterocycles. The predicted octanol–water partition coefficient (Wildman–Crippen LogP) is 6.40. The number of ether oxygens (including phenoxy) is 2. The van der Waals surface area contributed by atoms with E-state index in [4.69, 9.17) is 9.47 Å². The Bertz CT molecular complexity index is 2320. The van der Waals surface area contributed by atoms with Crippen molar-refractivity contribution in [3.05, 3.63) is 95.9 Å². The SMILES string of the molecule is CC[C@H]1C[C@H](C)[C@@]2(C=C[C@@H](C)[C@H](C[C@H](O)[C@@H](C)CC/C=C/C=C(\C)[C@@H]3C/C=C/C=C/[C@H](O)[C@H](C)[C@@H](O)[C@@H](CCC(C)=O)C(=O)N[C@@H](C(C)C)C(=O)N[C@@H](Cc4cccc(F)c4)C(=O)N4CCCC(N4)C(=O)O3)O2)NC1=O. The summed E-state index contributed by atoms with van der Waals surface area (Å²) < 4.78 is 27.3. The van der Waals surface area contributed by atoms with Gasteiger partial charge in [0.25, 0.3) is 5.91 Å². The van der Waals surface area contributed by atoms with Crippen molar-refractivity contribution in [2.75, 3.05) is 6.54 Å². The summed E-state index contributed by atoms with van der Waals surface area (Å²) in [7, 11) is 0. The van der Waals surface area contributed by atoms with E-state index >= 15 is 0 Å². The number of carbonyl (C=O) groups is 6. The second kappa shape index (κ2) is 28.9. The third-order valence-corrected chi connectivity index (χ3v) is 15.8. The van der Waals surface area contributed by atoms with Crippen LogP contribution < -0.4 is 21.4 Å². The number of benzene rings is 1. The molecule has 16 nitrogen and oxygen atoms in total. The number of halogens is 1. The van der Waals surface area contributed by atoms with Crippen molar-refractivity contribution in [1.82, 2.24) is 26.4 Å². The third kappa shape index (κ3) is 17.1. The van der Waals surface area contributed by atoms with E-state index in [0.29, 0.717) is 43.2 Å². The topological polar surface area (TPSA) is 233 Å². The fraction of sp³-hybridized carbons (Fsp3) is 0.627. The summed E-state index contributed by atoms with van der Waals surface area (Å²) >= 11 is 0. The highest BCUT2D eigenvalue weighted by Crippen LogP contribution is 2.39. The lowest BCUT2D eigenvalue weighted by Crippen LogP contribution is -2.62. The van der Waals surface area contributed by atoms with Crippen LogP contribution in [0.3, 0.4) is 0 Å². The van der Waals surface area contributed by atoms with Crippen LogP contribution in [0.15, 0.2) is 84.5 Å². The van der Waals surface area contributed by atoms with Gasteiger partial charge in [0.15, 0.2) is 5.72 Å². The standard InChI is InChI=1S/C59H86FN5O11/c1-10-43-31-39(7)59(63-54(43)70)29-28-38(6)51(76-59)34-49(68)36(4)19-13-11-14-20-37(5)50-25-16-12-15-24-48(67)41(9)53(69)45(27-26-40(8)66)55(71)62-52(35(2)3)56(72)61-47(33-42-21-17-22-44(60)32-42)57(73)65-30-18-23-46(64-65)58(74)75-50/h11-12,14-17,20-22,24,28-29,32,35-36,38-39,41,43,45-53,64,67-69H,10,13,18-19,23,25-27,30-31,33-34H2,1-9H3,(H,61,72)(H,62,71)(H,63,70)/b14-11+,16-12+,24-15+,37-20+/t36-,38+,39-,41-,43-,45+,46?,47-,48-,49-,50-,51-,52-,53+,59-/m0/s1. The molecule has 420 valence electrons. The second-order valence-corrected chi connectivity index (χ2v) is 22.2. The monoisotopic (exact) mass is 1060 g/mol. The maximum atomic E-state index is 14.5. The lowest BCUT2D eigenvalue weighted by atomic mass is 9.78. The van der Waals surface area contributed by atoms with Gasteiger partial charge in [-0.1, -0.05) is 109 Å². The largest absolute Gasteiger partial charge is 0.456 e. The summed E-state index contributed by atoms with van der Waals surface area (Å²) in [5, 5.41) is 44.1. The Morgan fingerprint density at radius 3 is 2.45 bits per heavy atom. The first-order valence-corrected chi connectivity index (χ1v) is 27.6. The van der Waals surface area contributed by atoms with E-state index in [1.54, 1.807) is 45.1 Å². The average Bonchev–Trinajstić information content (AvgIpc) is 3.38. The molecule has 2 bridgehead atoms. The molecule has 0 aliphatic carbocycles. The van der Waals surface area contributed by atoms with Crippen LogP contribution in [0.5, 0.6) is 0 Å². The molecule has 1 spiro atoms. The highest BCUT2D eigenvalue weighted by atomic mass is 19.1. The van der Waals surface area contributed by atoms with Gasteiger partial charge in [0.2, 0.25) is 17.7 Å². The van der Waals surface area contributed by atoms with E-state index in [-0.39, 0.29) is 73.7 Å². The molecule has 15 atom stereocenters. The van der Waals surface area contributed by atoms with Crippen LogP contribution in [0, 0.1) is 47.2 Å². The van der Waals surface area contributed by atoms with E-state index in [1.165, 1.54) is 36.2 Å². The molecule has 17 heteroatoms. The van der Waals surface area contributed by atoms with Gasteiger partial charge in [-0.15, -0.1) is 0 Å². The maximum Gasteiger partial charge on any atom is 0.325 e. The van der Waals surface area contributed by atoms with Crippen molar-refractivity contribution >= 4 is 35.4 Å². The summed E-state index contributed by atoms with van der Waals surface area (Å²) in [6, 6.07) is 2.20. The molecule has 4 heterocycles. The number of piperidine rings is 1. The molecule has 4 amide bonds. The van der Waals surface area contributed by atoms with Gasteiger partial charge in [-0.05, 0) is 100.0 Å². The van der Waals surface area contributed by atoms with Crippen LogP contribution in [0.4, 0.5) is 4.39 Å². The molecular formula is C59H86FN5O11. The number of esters is 1. The zero-order valence-corrected chi connectivity index (χ0v) is 46.1. The third-order valence-electron chi connectivity index (χ3n) is 15.8. The number of allylic oxidation sites excluding steroid dienone is 5. The molecule has 0 saturated carbocycles. The van der Waals surface area contributed by atoms with Crippen LogP contribution in [0.2, 0.25) is 0 Å². The van der Waals surface area contributed by atoms with Crippen molar-refractivity contribution in [3.8, 4) is 0 Å². The Kier molecular flexibility index (Phi) is 23.4. The normalized spacial score (nSPS) is 33.4. The first-order valence-electron chi connectivity index (χ1n) is 27.6. The molecular weight excluding hydrogens is 974 g/mol. The lowest BCUT2D eigenvalue weighted by molar-refractivity contribution is -0.174. The molecule has 1 unspecified atom stereocenters. The van der Waals surface area contributed by atoms with E-state index in [2.05, 4.69) is 41.3 Å². The van der Waals surface area contributed by atoms with E-state index in [9.17, 15) is 48.5 Å². The number of nitrogens with zero attached hydrogens (tertiary/aromatic N) is 1. The smallest absolute Gasteiger partial charge is 0.325 e. The average molecular weight is 1060 g/mol. The van der Waals surface area contributed by atoms with Crippen molar-refractivity contribution < 1.29 is 58.0 Å². The van der Waals surface area contributed by atoms with Gasteiger partial charge in [-0.3, -0.25) is 29.0 Å². The molecule has 1 aromatic carbocycles. The highest BCUT2D eigenvalue weighted by Gasteiger charge is 2.48. The van der Waals surface area contributed by atoms with Gasteiger partial charge >= 0.3 is 5.97 Å². The fourth-order valence-corrected chi connectivity index (χ4v) is 10.4. The molecule has 2 saturated heterocycles. The Morgan fingerprint density at radius 2 is 1.75 bits per heavy atom. The summed E-state index contributed by atoms with van der Waals surface area (Å²) in [6.07, 6.45) is 16.0. The van der Waals surface area contributed by atoms with Crippen LogP contribution in [0.1, 0.15) is 132 Å². The van der Waals surface area contributed by atoms with Crippen molar-refractivity contribution in [3.63, 3.8) is 0 Å². The number of Topliss-reactive ketones (excluding diaryl/α,β-unsaturated/α-hetero) is 1. The van der Waals surface area contributed by atoms with Gasteiger partial charge in [-0.2, -0.15) is 0 Å². The predicted molar refractivity (Wildman–Crippen MR) is 288 cm³/mol. The summed E-state index contributed by atoms with van der Waals surface area (Å²) in [6.45, 7) is 16.5. The Morgan fingerprint density at radius 1 is 1.00 bits per heavy atom. The summed E-state index contributed by atoms with van der Waals surface area (Å²) in [5.74, 6) is -5.97. The minimum Gasteiger partial charge on any atom is -0.456 e. The minimum atomic E-state index is -1.44. The number of aliphatic hydroxyl groups excluding tert-OH is 3. The number of amides is 4. The molecule has 7 N–H and O–H groups in total. The number of cyclic esters (lactones) is 1. The number of aliphatic hydroxyl groups is 3. The van der Waals surface area contributed by atoms with Crippen molar-refractivity contribution in [1.29, 1.82) is 0 Å². The maximum absolute atomic E-state index is 14.5. The zero-order valence-electron chi connectivity index (χ0n) is 46.1. The van der Waals surface area contributed by atoms with Gasteiger partial charge < -0.3 is 45.5 Å². The first-order chi connectivity index (χ1) is 36.0. The van der Waals surface area contributed by atoms with Crippen molar-refractivity contribution in [2.24, 2.45) is 41.4 Å². The van der Waals surface area contributed by atoms with Gasteiger partial charge in [-0.25, -0.2) is 9.82 Å². The van der Waals surface area contributed by atoms with Gasteiger partial charge in [0, 0.05) is 55.9 Å². The Hall–Kier alpha value is -5.33. The number of fused-ring (bicyclic) bond motifs is 2. The summed E-state index contributed by atoms with van der Waals surface area (Å²) in [5.41, 5.74) is 3.27. The molecule has 0 aromatic heterocycles. The Labute approximate surface area is 449 Å². The number of nitrogens with one attached hydrogen (secondary N) is 4. The molecule has 0 radical (unpaired) electrons. The lowest BCUT2D eigenvalue weighted by Gasteiger charge is -2.48. The van der Waals surface area contributed by atoms with Crippen LogP contribution in [-0.2, 0) is 44.7 Å². The van der Waals surface area contributed by atoms with Gasteiger partial charge in [0.1, 0.15) is 35.8 Å². The van der Waals surface area contributed by atoms with Gasteiger partial charge in [0.05, 0.1) is 30.3 Å². The van der Waals surface area contributed by atoms with Crippen LogP contribution >= 0.6 is 0 Å². The highest BCUT2D eigenvalue weighted by molar-refractivity contribution is 5.93. The van der Waals surface area contributed by atoms with Crippen LogP contribution in [-0.4, -0.2) is 117 Å². The Balaban J connectivity index is 1.34. The molecule has 1 aromatic rings. The first kappa shape index (κ1) is 61.5. The number of hydrazine groups is 1. The van der Waals surface area contributed by atoms with E-state index < -0.39 is 95.5 Å². The number of ketones is 1. The number of rotatable bonds is 15. The zero-order chi connectivity index (χ0) is 55.9. The van der Waals surface area contributed by atoms with E-state index in [0.717, 1.165) is 12.8 Å². The fourth-order valence-electron chi connectivity index (χ4n) is 10.4. The van der Waals surface area contributed by atoms with Crippen molar-refractivity contribution in [2.45, 2.75) is 187 Å². The number of hydrogen-bond donors (Lipinski definition) is 7. The molecule has 76 heavy (non-hydrogen) atoms. The minimum absolute atomic E-state index is 0.00190. The second-order valence-electron chi connectivity index (χ2n) is 22.2. The van der Waals surface area contributed by atoms with Crippen LogP contribution in [0.25, 0.3) is 0 Å².